The first-order chi connectivity index (χ1) is 5.74. The van der Waals surface area contributed by atoms with Gasteiger partial charge in [0.15, 0.2) is 0 Å². The largest absolute Gasteiger partial charge is 0.489 e. The summed E-state index contributed by atoms with van der Waals surface area (Å²) in [5.74, 6) is -0.0185. The lowest BCUT2D eigenvalue weighted by atomic mass is 10.3. The van der Waals surface area contributed by atoms with E-state index in [1.807, 2.05) is 0 Å². The third kappa shape index (κ3) is 2.24. The highest BCUT2D eigenvalue weighted by Crippen LogP contribution is 2.20. The first-order valence-electron chi connectivity index (χ1n) is 3.43. The van der Waals surface area contributed by atoms with Crippen molar-refractivity contribution in [2.24, 2.45) is 0 Å². The quantitative estimate of drug-likeness (QED) is 0.660. The highest BCUT2D eigenvalue weighted by Gasteiger charge is 2.00. The summed E-state index contributed by atoms with van der Waals surface area (Å²) in [5.41, 5.74) is 0. The van der Waals surface area contributed by atoms with E-state index in [0.717, 1.165) is 0 Å². The molecule has 1 nitrogen and oxygen atoms in total. The first-order valence-corrected chi connectivity index (χ1v) is 3.80. The number of halogens is 2. The molecule has 0 unspecified atom stereocenters. The summed E-state index contributed by atoms with van der Waals surface area (Å²) in [5, 5.41) is 0.0981. The van der Waals surface area contributed by atoms with Crippen LogP contribution in [0.1, 0.15) is 0 Å². The molecule has 0 saturated heterocycles. The van der Waals surface area contributed by atoms with Crippen molar-refractivity contribution in [1.29, 1.82) is 0 Å². The minimum absolute atomic E-state index is 0.0981. The molecule has 3 heteroatoms. The summed E-state index contributed by atoms with van der Waals surface area (Å²) in [6, 6.07) is 4.30. The minimum Gasteiger partial charge on any atom is -0.489 e. The minimum atomic E-state index is -0.474. The van der Waals surface area contributed by atoms with Crippen LogP contribution in [0.25, 0.3) is 0 Å². The number of hydrogen-bond acceptors (Lipinski definition) is 1. The zero-order chi connectivity index (χ0) is 8.97. The Morgan fingerprint density at radius 1 is 1.58 bits per heavy atom. The molecule has 0 aliphatic rings. The molecule has 1 aromatic carbocycles. The third-order valence-corrected chi connectivity index (χ3v) is 1.57. The molecular formula is C9H8ClFO. The van der Waals surface area contributed by atoms with Gasteiger partial charge in [-0.3, -0.25) is 0 Å². The van der Waals surface area contributed by atoms with E-state index in [2.05, 4.69) is 6.58 Å². The summed E-state index contributed by atoms with van der Waals surface area (Å²) in [6.07, 6.45) is 1.59. The van der Waals surface area contributed by atoms with E-state index in [9.17, 15) is 4.39 Å². The van der Waals surface area contributed by atoms with Crippen molar-refractivity contribution in [2.45, 2.75) is 0 Å². The van der Waals surface area contributed by atoms with Crippen molar-refractivity contribution in [1.82, 2.24) is 0 Å². The fourth-order valence-electron chi connectivity index (χ4n) is 0.722. The predicted octanol–water partition coefficient (Wildman–Crippen LogP) is 3.04. The predicted molar refractivity (Wildman–Crippen MR) is 47.1 cm³/mol. The second kappa shape index (κ2) is 4.12. The van der Waals surface area contributed by atoms with E-state index in [-0.39, 0.29) is 5.02 Å². The fraction of sp³-hybridized carbons (Fsp3) is 0.111. The van der Waals surface area contributed by atoms with Gasteiger partial charge < -0.3 is 4.74 Å². The summed E-state index contributed by atoms with van der Waals surface area (Å²) >= 11 is 5.46. The van der Waals surface area contributed by atoms with Crippen molar-refractivity contribution in [2.75, 3.05) is 6.61 Å². The Labute approximate surface area is 75.4 Å². The molecule has 0 aliphatic heterocycles. The Morgan fingerprint density at radius 3 is 2.92 bits per heavy atom. The molecule has 1 aromatic rings. The van der Waals surface area contributed by atoms with Gasteiger partial charge >= 0.3 is 0 Å². The van der Waals surface area contributed by atoms with Gasteiger partial charge in [0.05, 0.1) is 5.02 Å². The molecule has 0 fully saturated rings. The number of hydrogen-bond donors (Lipinski definition) is 0. The van der Waals surface area contributed by atoms with Gasteiger partial charge in [0.25, 0.3) is 0 Å². The van der Waals surface area contributed by atoms with Crippen LogP contribution in [0.2, 0.25) is 5.02 Å². The zero-order valence-corrected chi connectivity index (χ0v) is 7.14. The van der Waals surface area contributed by atoms with Crippen LogP contribution in [0.4, 0.5) is 4.39 Å². The molecule has 0 aromatic heterocycles. The lowest BCUT2D eigenvalue weighted by molar-refractivity contribution is 0.361. The van der Waals surface area contributed by atoms with Crippen LogP contribution >= 0.6 is 11.6 Å². The maximum absolute atomic E-state index is 12.8. The lowest BCUT2D eigenvalue weighted by Crippen LogP contribution is -1.92. The monoisotopic (exact) mass is 186 g/mol. The maximum atomic E-state index is 12.8. The van der Waals surface area contributed by atoms with Gasteiger partial charge in [0, 0.05) is 6.07 Å². The van der Waals surface area contributed by atoms with E-state index < -0.39 is 5.82 Å². The van der Waals surface area contributed by atoms with Crippen molar-refractivity contribution < 1.29 is 9.13 Å². The Balaban J connectivity index is 2.75. The van der Waals surface area contributed by atoms with Gasteiger partial charge in [0.2, 0.25) is 0 Å². The van der Waals surface area contributed by atoms with Crippen molar-refractivity contribution in [3.63, 3.8) is 0 Å². The van der Waals surface area contributed by atoms with Gasteiger partial charge in [0.1, 0.15) is 18.2 Å². The molecule has 0 aliphatic carbocycles. The smallest absolute Gasteiger partial charge is 0.145 e. The number of rotatable bonds is 3. The van der Waals surface area contributed by atoms with Crippen LogP contribution in [0.5, 0.6) is 5.75 Å². The van der Waals surface area contributed by atoms with Crippen LogP contribution < -0.4 is 4.74 Å². The van der Waals surface area contributed by atoms with E-state index >= 15 is 0 Å². The van der Waals surface area contributed by atoms with Crippen LogP contribution in [-0.4, -0.2) is 6.61 Å². The van der Waals surface area contributed by atoms with Gasteiger partial charge in [-0.15, -0.1) is 0 Å². The maximum Gasteiger partial charge on any atom is 0.145 e. The van der Waals surface area contributed by atoms with Crippen LogP contribution in [0.3, 0.4) is 0 Å². The summed E-state index contributed by atoms with van der Waals surface area (Å²) < 4.78 is 17.8. The second-order valence-corrected chi connectivity index (χ2v) is 2.58. The second-order valence-electron chi connectivity index (χ2n) is 2.18. The Morgan fingerprint density at radius 2 is 2.33 bits per heavy atom. The highest BCUT2D eigenvalue weighted by molar-refractivity contribution is 6.30. The zero-order valence-electron chi connectivity index (χ0n) is 6.39. The molecule has 64 valence electrons. The average Bonchev–Trinajstić information content (AvgIpc) is 2.07. The van der Waals surface area contributed by atoms with Crippen LogP contribution in [-0.2, 0) is 0 Å². The molecule has 1 rings (SSSR count). The molecule has 0 amide bonds. The molecule has 0 atom stereocenters. The van der Waals surface area contributed by atoms with E-state index in [1.165, 1.54) is 12.1 Å². The molecule has 0 saturated carbocycles. The SMILES string of the molecule is C=CCOc1ccc(Cl)c(F)c1. The number of ether oxygens (including phenoxy) is 1. The normalized spacial score (nSPS) is 9.50. The summed E-state index contributed by atoms with van der Waals surface area (Å²) in [6.45, 7) is 3.83. The fourth-order valence-corrected chi connectivity index (χ4v) is 0.839. The highest BCUT2D eigenvalue weighted by atomic mass is 35.5. The molecule has 12 heavy (non-hydrogen) atoms. The van der Waals surface area contributed by atoms with E-state index in [1.54, 1.807) is 12.1 Å². The standard InChI is InChI=1S/C9H8ClFO/c1-2-5-12-7-3-4-8(10)9(11)6-7/h2-4,6H,1,5H2. The van der Waals surface area contributed by atoms with Crippen molar-refractivity contribution in [3.05, 3.63) is 41.7 Å². The lowest BCUT2D eigenvalue weighted by Gasteiger charge is -2.02. The molecule has 0 bridgehead atoms. The Bertz CT molecular complexity index is 286. The van der Waals surface area contributed by atoms with Gasteiger partial charge in [-0.05, 0) is 12.1 Å². The Kier molecular flexibility index (Phi) is 3.11. The average molecular weight is 187 g/mol. The summed E-state index contributed by atoms with van der Waals surface area (Å²) in [7, 11) is 0. The Hall–Kier alpha value is -1.02. The molecule has 0 heterocycles. The molecule has 0 spiro atoms. The first kappa shape index (κ1) is 9.07. The topological polar surface area (TPSA) is 9.23 Å². The summed E-state index contributed by atoms with van der Waals surface area (Å²) in [4.78, 5) is 0. The van der Waals surface area contributed by atoms with Crippen molar-refractivity contribution >= 4 is 11.6 Å². The van der Waals surface area contributed by atoms with Gasteiger partial charge in [-0.1, -0.05) is 24.3 Å². The molecule has 0 N–H and O–H groups in total. The van der Waals surface area contributed by atoms with Gasteiger partial charge in [-0.2, -0.15) is 0 Å². The third-order valence-electron chi connectivity index (χ3n) is 1.26. The van der Waals surface area contributed by atoms with E-state index in [4.69, 9.17) is 16.3 Å². The van der Waals surface area contributed by atoms with Gasteiger partial charge in [-0.25, -0.2) is 4.39 Å². The van der Waals surface area contributed by atoms with Crippen LogP contribution in [0, 0.1) is 5.82 Å². The van der Waals surface area contributed by atoms with E-state index in [0.29, 0.717) is 12.4 Å². The number of benzene rings is 1. The molecular weight excluding hydrogens is 179 g/mol. The molecule has 0 radical (unpaired) electrons. The van der Waals surface area contributed by atoms with Crippen LogP contribution in [0.15, 0.2) is 30.9 Å². The van der Waals surface area contributed by atoms with Crippen molar-refractivity contribution in [3.8, 4) is 5.75 Å².